The van der Waals surface area contributed by atoms with Crippen molar-refractivity contribution in [1.29, 1.82) is 0 Å². The minimum atomic E-state index is -0.0869. The van der Waals surface area contributed by atoms with E-state index in [9.17, 15) is 9.59 Å². The van der Waals surface area contributed by atoms with Gasteiger partial charge in [0.15, 0.2) is 5.96 Å². The minimum absolute atomic E-state index is 0. The number of amides is 1. The Morgan fingerprint density at radius 2 is 1.73 bits per heavy atom. The van der Waals surface area contributed by atoms with Crippen molar-refractivity contribution in [2.45, 2.75) is 90.2 Å². The lowest BCUT2D eigenvalue weighted by atomic mass is 9.98. The molecule has 0 atom stereocenters. The van der Waals surface area contributed by atoms with Crippen LogP contribution in [0.3, 0.4) is 0 Å². The summed E-state index contributed by atoms with van der Waals surface area (Å²) in [5, 5.41) is 6.74. The van der Waals surface area contributed by atoms with E-state index >= 15 is 0 Å². The van der Waals surface area contributed by atoms with Gasteiger partial charge in [0.05, 0.1) is 0 Å². The summed E-state index contributed by atoms with van der Waals surface area (Å²) >= 11 is 0. The van der Waals surface area contributed by atoms with E-state index in [0.717, 1.165) is 64.0 Å². The predicted molar refractivity (Wildman–Crippen MR) is 131 cm³/mol. The number of ether oxygens (including phenoxy) is 1. The van der Waals surface area contributed by atoms with E-state index < -0.39 is 0 Å². The van der Waals surface area contributed by atoms with Crippen LogP contribution in [0.2, 0.25) is 0 Å². The number of esters is 1. The number of carbonyl (C=O) groups is 2. The van der Waals surface area contributed by atoms with Crippen molar-refractivity contribution < 1.29 is 14.3 Å². The fourth-order valence-electron chi connectivity index (χ4n) is 4.22. The molecule has 1 amide bonds. The third-order valence-electron chi connectivity index (χ3n) is 6.16. The van der Waals surface area contributed by atoms with E-state index in [0.29, 0.717) is 24.9 Å². The van der Waals surface area contributed by atoms with Crippen molar-refractivity contribution in [3.8, 4) is 0 Å². The van der Waals surface area contributed by atoms with Crippen molar-refractivity contribution in [2.24, 2.45) is 10.9 Å². The number of halogens is 1. The predicted octanol–water partition coefficient (Wildman–Crippen LogP) is 3.46. The molecule has 0 aromatic carbocycles. The van der Waals surface area contributed by atoms with Gasteiger partial charge in [-0.3, -0.25) is 14.6 Å². The summed E-state index contributed by atoms with van der Waals surface area (Å²) in [5.74, 6) is 1.14. The molecule has 1 saturated carbocycles. The first-order valence-electron chi connectivity index (χ1n) is 11.5. The van der Waals surface area contributed by atoms with Crippen molar-refractivity contribution in [3.05, 3.63) is 0 Å². The Hall–Kier alpha value is -1.06. The highest BCUT2D eigenvalue weighted by Crippen LogP contribution is 2.21. The van der Waals surface area contributed by atoms with E-state index in [4.69, 9.17) is 4.74 Å². The number of hydrogen-bond acceptors (Lipinski definition) is 4. The van der Waals surface area contributed by atoms with E-state index in [1.807, 2.05) is 4.90 Å². The Labute approximate surface area is 199 Å². The van der Waals surface area contributed by atoms with Gasteiger partial charge in [-0.1, -0.05) is 13.8 Å². The molecule has 1 aliphatic carbocycles. The van der Waals surface area contributed by atoms with Gasteiger partial charge in [-0.25, -0.2) is 0 Å². The molecule has 0 aromatic heterocycles. The molecule has 2 N–H and O–H groups in total. The van der Waals surface area contributed by atoms with Crippen molar-refractivity contribution in [1.82, 2.24) is 15.5 Å². The third kappa shape index (κ3) is 8.98. The Bertz CT molecular complexity index is 541. The molecular formula is C22H41IN4O3. The lowest BCUT2D eigenvalue weighted by Gasteiger charge is -2.34. The van der Waals surface area contributed by atoms with Crippen molar-refractivity contribution in [3.63, 3.8) is 0 Å². The van der Waals surface area contributed by atoms with Crippen molar-refractivity contribution in [2.75, 3.05) is 26.7 Å². The first kappa shape index (κ1) is 27.0. The molecule has 2 rings (SSSR count). The molecule has 8 heteroatoms. The van der Waals surface area contributed by atoms with E-state index in [2.05, 4.69) is 29.5 Å². The fourth-order valence-corrected chi connectivity index (χ4v) is 4.22. The minimum Gasteiger partial charge on any atom is -0.462 e. The van der Waals surface area contributed by atoms with Gasteiger partial charge in [-0.2, -0.15) is 0 Å². The smallest absolute Gasteiger partial charge is 0.306 e. The zero-order valence-corrected chi connectivity index (χ0v) is 21.3. The Morgan fingerprint density at radius 1 is 1.10 bits per heavy atom. The molecule has 0 unspecified atom stereocenters. The Kier molecular flexibility index (Phi) is 13.4. The molecule has 0 aromatic rings. The topological polar surface area (TPSA) is 83.0 Å². The summed E-state index contributed by atoms with van der Waals surface area (Å²) in [6, 6.07) is 0.319. The number of hydrogen-bond donors (Lipinski definition) is 2. The first-order chi connectivity index (χ1) is 14.1. The van der Waals surface area contributed by atoms with Gasteiger partial charge >= 0.3 is 5.97 Å². The molecular weight excluding hydrogens is 495 g/mol. The largest absolute Gasteiger partial charge is 0.462 e. The quantitative estimate of drug-likeness (QED) is 0.155. The molecule has 1 heterocycles. The zero-order valence-electron chi connectivity index (χ0n) is 19.0. The lowest BCUT2D eigenvalue weighted by molar-refractivity contribution is -0.148. The summed E-state index contributed by atoms with van der Waals surface area (Å²) in [7, 11) is 1.76. The van der Waals surface area contributed by atoms with Crippen LogP contribution in [0, 0.1) is 5.92 Å². The summed E-state index contributed by atoms with van der Waals surface area (Å²) < 4.78 is 5.48. The highest BCUT2D eigenvalue weighted by Gasteiger charge is 2.26. The van der Waals surface area contributed by atoms with Crippen LogP contribution in [0.25, 0.3) is 0 Å². The van der Waals surface area contributed by atoms with Gasteiger partial charge < -0.3 is 20.3 Å². The maximum Gasteiger partial charge on any atom is 0.306 e. The highest BCUT2D eigenvalue weighted by atomic mass is 127. The zero-order chi connectivity index (χ0) is 21.1. The molecule has 174 valence electrons. The van der Waals surface area contributed by atoms with Crippen LogP contribution < -0.4 is 10.6 Å². The molecule has 0 spiro atoms. The molecule has 2 aliphatic rings. The van der Waals surface area contributed by atoms with E-state index in [1.165, 1.54) is 12.8 Å². The SMILES string of the molecule is CCC(CC)C(=O)N1CCC(NC(=NC)NCCCC(=O)OC2CCCC2)CC1.I. The monoisotopic (exact) mass is 536 g/mol. The van der Waals surface area contributed by atoms with Gasteiger partial charge in [0.1, 0.15) is 6.10 Å². The average molecular weight is 536 g/mol. The summed E-state index contributed by atoms with van der Waals surface area (Å²) in [6.07, 6.45) is 9.39. The van der Waals surface area contributed by atoms with Gasteiger partial charge in [0, 0.05) is 45.1 Å². The Balaban J connectivity index is 0.00000450. The van der Waals surface area contributed by atoms with Gasteiger partial charge in [0.2, 0.25) is 5.91 Å². The van der Waals surface area contributed by atoms with Gasteiger partial charge in [0.25, 0.3) is 0 Å². The number of carbonyl (C=O) groups excluding carboxylic acids is 2. The van der Waals surface area contributed by atoms with Gasteiger partial charge in [-0.15, -0.1) is 24.0 Å². The Morgan fingerprint density at radius 3 is 2.30 bits per heavy atom. The second-order valence-corrected chi connectivity index (χ2v) is 8.26. The van der Waals surface area contributed by atoms with E-state index in [1.54, 1.807) is 7.05 Å². The van der Waals surface area contributed by atoms with E-state index in [-0.39, 0.29) is 42.0 Å². The number of likely N-dealkylation sites (tertiary alicyclic amines) is 1. The maximum absolute atomic E-state index is 12.5. The number of piperidine rings is 1. The number of aliphatic imine (C=N–C) groups is 1. The fraction of sp³-hybridized carbons (Fsp3) is 0.864. The van der Waals surface area contributed by atoms with Crippen LogP contribution in [0.5, 0.6) is 0 Å². The molecule has 7 nitrogen and oxygen atoms in total. The summed E-state index contributed by atoms with van der Waals surface area (Å²) in [4.78, 5) is 30.7. The van der Waals surface area contributed by atoms with Crippen LogP contribution >= 0.6 is 24.0 Å². The number of guanidine groups is 1. The lowest BCUT2D eigenvalue weighted by Crippen LogP contribution is -2.50. The van der Waals surface area contributed by atoms with Gasteiger partial charge in [-0.05, 0) is 57.8 Å². The third-order valence-corrected chi connectivity index (χ3v) is 6.16. The summed E-state index contributed by atoms with van der Waals surface area (Å²) in [5.41, 5.74) is 0. The average Bonchev–Trinajstić information content (AvgIpc) is 3.24. The number of nitrogens with zero attached hydrogens (tertiary/aromatic N) is 2. The highest BCUT2D eigenvalue weighted by molar-refractivity contribution is 14.0. The molecule has 1 aliphatic heterocycles. The van der Waals surface area contributed by atoms with Crippen molar-refractivity contribution >= 4 is 41.8 Å². The number of nitrogens with one attached hydrogen (secondary N) is 2. The van der Waals surface area contributed by atoms with Crippen LogP contribution in [0.4, 0.5) is 0 Å². The maximum atomic E-state index is 12.5. The molecule has 0 radical (unpaired) electrons. The number of rotatable bonds is 9. The second-order valence-electron chi connectivity index (χ2n) is 8.26. The van der Waals surface area contributed by atoms with Crippen LogP contribution in [-0.2, 0) is 14.3 Å². The summed E-state index contributed by atoms with van der Waals surface area (Å²) in [6.45, 7) is 6.47. The molecule has 1 saturated heterocycles. The van der Waals surface area contributed by atoms with Crippen LogP contribution in [0.15, 0.2) is 4.99 Å². The normalized spacial score (nSPS) is 18.3. The molecule has 30 heavy (non-hydrogen) atoms. The molecule has 2 fully saturated rings. The van der Waals surface area contributed by atoms with Crippen LogP contribution in [-0.4, -0.2) is 61.6 Å². The standard InChI is InChI=1S/C22H40N4O3.HI/c1-4-17(5-2)21(28)26-15-12-18(13-16-26)25-22(23-3)24-14-8-11-20(27)29-19-9-6-7-10-19;/h17-19H,4-16H2,1-3H3,(H2,23,24,25);1H. The van der Waals surface area contributed by atoms with Crippen LogP contribution in [0.1, 0.15) is 78.1 Å². The second kappa shape index (κ2) is 14.9. The first-order valence-corrected chi connectivity index (χ1v) is 11.5. The molecule has 0 bridgehead atoms.